The molecule has 0 aliphatic carbocycles. The first kappa shape index (κ1) is 23.1. The number of benzene rings is 4. The van der Waals surface area contributed by atoms with Crippen molar-refractivity contribution in [3.05, 3.63) is 137 Å². The third-order valence-electron chi connectivity index (χ3n) is 5.06. The van der Waals surface area contributed by atoms with Gasteiger partial charge in [-0.15, -0.1) is 0 Å². The highest BCUT2D eigenvalue weighted by atomic mass is 16.6. The van der Waals surface area contributed by atoms with E-state index >= 15 is 0 Å². The lowest BCUT2D eigenvalue weighted by atomic mass is 10.1. The highest BCUT2D eigenvalue weighted by molar-refractivity contribution is 6.07. The molecule has 0 spiro atoms. The quantitative estimate of drug-likeness (QED) is 0.129. The second-order valence-electron chi connectivity index (χ2n) is 7.45. The van der Waals surface area contributed by atoms with E-state index in [-0.39, 0.29) is 17.2 Å². The molecular weight excluding hydrogens is 444 g/mol. The summed E-state index contributed by atoms with van der Waals surface area (Å²) in [7, 11) is 0. The van der Waals surface area contributed by atoms with Gasteiger partial charge in [-0.05, 0) is 60.2 Å². The Morgan fingerprint density at radius 1 is 0.771 bits per heavy atom. The van der Waals surface area contributed by atoms with Gasteiger partial charge in [0, 0.05) is 17.7 Å². The topological polar surface area (TPSA) is 89.7 Å². The van der Waals surface area contributed by atoms with Crippen molar-refractivity contribution in [1.82, 2.24) is 0 Å². The maximum absolute atomic E-state index is 13.0. The number of ether oxygens (including phenoxy) is 1. The molecule has 4 aromatic carbocycles. The minimum atomic E-state index is -0.591. The Kier molecular flexibility index (Phi) is 7.08. The fourth-order valence-electron chi connectivity index (χ4n) is 3.36. The summed E-state index contributed by atoms with van der Waals surface area (Å²) in [6.07, 6.45) is 2.26. The molecule has 1 amide bonds. The van der Waals surface area contributed by atoms with Gasteiger partial charge in [0.25, 0.3) is 5.69 Å². The Hall–Kier alpha value is -5.04. The van der Waals surface area contributed by atoms with Gasteiger partial charge in [0.05, 0.1) is 16.3 Å². The zero-order valence-corrected chi connectivity index (χ0v) is 18.5. The molecule has 0 aliphatic rings. The van der Waals surface area contributed by atoms with Gasteiger partial charge in [-0.3, -0.25) is 14.9 Å². The van der Waals surface area contributed by atoms with Crippen molar-refractivity contribution < 1.29 is 19.2 Å². The molecule has 4 rings (SSSR count). The zero-order chi connectivity index (χ0) is 24.6. The SMILES string of the molecule is O=C(C=Cc1cccc([N+](=O)[O-])c1)c1ccc(OC(=O)N(c2ccccc2)c2ccccc2)cc1. The van der Waals surface area contributed by atoms with Crippen LogP contribution in [-0.4, -0.2) is 16.8 Å². The Morgan fingerprint density at radius 2 is 1.37 bits per heavy atom. The summed E-state index contributed by atoms with van der Waals surface area (Å²) in [6.45, 7) is 0. The first-order valence-corrected chi connectivity index (χ1v) is 10.7. The summed E-state index contributed by atoms with van der Waals surface area (Å²) >= 11 is 0. The largest absolute Gasteiger partial charge is 0.424 e. The monoisotopic (exact) mass is 464 g/mol. The zero-order valence-electron chi connectivity index (χ0n) is 18.5. The fourth-order valence-corrected chi connectivity index (χ4v) is 3.36. The standard InChI is InChI=1S/C28H20N2O5/c31-27(19-14-21-8-7-13-25(20-21)30(33)34)22-15-17-26(18-16-22)35-28(32)29(23-9-3-1-4-10-23)24-11-5-2-6-12-24/h1-20H. The number of amides is 1. The fraction of sp³-hybridized carbons (Fsp3) is 0. The van der Waals surface area contributed by atoms with E-state index in [1.807, 2.05) is 60.7 Å². The Bertz CT molecular complexity index is 1330. The second-order valence-corrected chi connectivity index (χ2v) is 7.45. The number of nitro benzene ring substituents is 1. The van der Waals surface area contributed by atoms with E-state index in [4.69, 9.17) is 4.74 Å². The molecule has 0 heterocycles. The van der Waals surface area contributed by atoms with Crippen LogP contribution in [0.2, 0.25) is 0 Å². The molecular formula is C28H20N2O5. The van der Waals surface area contributed by atoms with Crippen molar-refractivity contribution in [1.29, 1.82) is 0 Å². The van der Waals surface area contributed by atoms with Crippen LogP contribution in [0.1, 0.15) is 15.9 Å². The van der Waals surface area contributed by atoms with Gasteiger partial charge in [-0.2, -0.15) is 0 Å². The molecule has 0 radical (unpaired) electrons. The van der Waals surface area contributed by atoms with Crippen molar-refractivity contribution in [3.63, 3.8) is 0 Å². The number of nitrogens with zero attached hydrogens (tertiary/aromatic N) is 2. The summed E-state index contributed by atoms with van der Waals surface area (Å²) in [5.74, 6) is -0.00402. The lowest BCUT2D eigenvalue weighted by molar-refractivity contribution is -0.384. The van der Waals surface area contributed by atoms with E-state index in [0.29, 0.717) is 22.5 Å². The number of carbonyl (C=O) groups is 2. The number of carbonyl (C=O) groups excluding carboxylic acids is 2. The van der Waals surface area contributed by atoms with Crippen molar-refractivity contribution >= 4 is 35.0 Å². The highest BCUT2D eigenvalue weighted by Gasteiger charge is 2.20. The number of anilines is 2. The average molecular weight is 464 g/mol. The summed E-state index contributed by atoms with van der Waals surface area (Å²) < 4.78 is 5.58. The van der Waals surface area contributed by atoms with Crippen LogP contribution in [0.25, 0.3) is 6.08 Å². The molecule has 0 aromatic heterocycles. The van der Waals surface area contributed by atoms with Crippen LogP contribution < -0.4 is 9.64 Å². The third kappa shape index (κ3) is 5.85. The average Bonchev–Trinajstić information content (AvgIpc) is 2.89. The van der Waals surface area contributed by atoms with Crippen LogP contribution >= 0.6 is 0 Å². The number of nitro groups is 1. The molecule has 0 atom stereocenters. The number of hydrogen-bond donors (Lipinski definition) is 0. The first-order valence-electron chi connectivity index (χ1n) is 10.7. The Balaban J connectivity index is 1.47. The lowest BCUT2D eigenvalue weighted by Gasteiger charge is -2.22. The van der Waals surface area contributed by atoms with Gasteiger partial charge >= 0.3 is 6.09 Å². The highest BCUT2D eigenvalue weighted by Crippen LogP contribution is 2.27. The molecule has 0 saturated carbocycles. The molecule has 35 heavy (non-hydrogen) atoms. The number of allylic oxidation sites excluding steroid dienone is 1. The van der Waals surface area contributed by atoms with Crippen LogP contribution in [0.3, 0.4) is 0 Å². The number of rotatable bonds is 7. The van der Waals surface area contributed by atoms with Gasteiger partial charge in [0.1, 0.15) is 5.75 Å². The van der Waals surface area contributed by atoms with Crippen LogP contribution in [0, 0.1) is 10.1 Å². The molecule has 0 N–H and O–H groups in total. The maximum Gasteiger partial charge on any atom is 0.424 e. The second kappa shape index (κ2) is 10.7. The van der Waals surface area contributed by atoms with Crippen LogP contribution in [0.4, 0.5) is 21.9 Å². The van der Waals surface area contributed by atoms with E-state index < -0.39 is 11.0 Å². The van der Waals surface area contributed by atoms with E-state index in [0.717, 1.165) is 0 Å². The third-order valence-corrected chi connectivity index (χ3v) is 5.06. The molecule has 7 nitrogen and oxygen atoms in total. The first-order chi connectivity index (χ1) is 17.0. The molecule has 0 bridgehead atoms. The molecule has 172 valence electrons. The van der Waals surface area contributed by atoms with Gasteiger partial charge in [-0.1, -0.05) is 54.6 Å². The normalized spacial score (nSPS) is 10.6. The number of hydrogen-bond acceptors (Lipinski definition) is 5. The molecule has 0 aliphatic heterocycles. The lowest BCUT2D eigenvalue weighted by Crippen LogP contribution is -2.29. The van der Waals surface area contributed by atoms with E-state index in [1.54, 1.807) is 36.4 Å². The molecule has 0 fully saturated rings. The Labute approximate surface area is 201 Å². The van der Waals surface area contributed by atoms with Gasteiger partial charge in [0.15, 0.2) is 5.78 Å². The maximum atomic E-state index is 13.0. The molecule has 0 saturated heterocycles. The van der Waals surface area contributed by atoms with Crippen molar-refractivity contribution in [2.45, 2.75) is 0 Å². The van der Waals surface area contributed by atoms with Gasteiger partial charge in [-0.25, -0.2) is 9.69 Å². The van der Waals surface area contributed by atoms with Gasteiger partial charge < -0.3 is 4.74 Å². The summed E-state index contributed by atoms with van der Waals surface area (Å²) in [6, 6.07) is 30.5. The van der Waals surface area contributed by atoms with E-state index in [1.165, 1.54) is 29.2 Å². The molecule has 0 unspecified atom stereocenters. The van der Waals surface area contributed by atoms with Crippen molar-refractivity contribution in [2.24, 2.45) is 0 Å². The Morgan fingerprint density at radius 3 is 1.94 bits per heavy atom. The minimum Gasteiger partial charge on any atom is -0.410 e. The number of para-hydroxylation sites is 2. The van der Waals surface area contributed by atoms with Crippen LogP contribution in [-0.2, 0) is 0 Å². The van der Waals surface area contributed by atoms with Crippen molar-refractivity contribution in [2.75, 3.05) is 4.90 Å². The summed E-state index contributed by atoms with van der Waals surface area (Å²) in [5.41, 5.74) is 2.18. The van der Waals surface area contributed by atoms with Crippen LogP contribution in [0.5, 0.6) is 5.75 Å². The van der Waals surface area contributed by atoms with E-state index in [2.05, 4.69) is 0 Å². The van der Waals surface area contributed by atoms with Crippen molar-refractivity contribution in [3.8, 4) is 5.75 Å². The molecule has 4 aromatic rings. The number of non-ortho nitro benzene ring substituents is 1. The van der Waals surface area contributed by atoms with Crippen LogP contribution in [0.15, 0.2) is 115 Å². The summed E-state index contributed by atoms with van der Waals surface area (Å²) in [5, 5.41) is 10.9. The van der Waals surface area contributed by atoms with Gasteiger partial charge in [0.2, 0.25) is 0 Å². The predicted octanol–water partition coefficient (Wildman–Crippen LogP) is 6.83. The predicted molar refractivity (Wildman–Crippen MR) is 134 cm³/mol. The molecule has 7 heteroatoms. The summed E-state index contributed by atoms with van der Waals surface area (Å²) in [4.78, 5) is 37.4. The minimum absolute atomic E-state index is 0.0502. The van der Waals surface area contributed by atoms with E-state index in [9.17, 15) is 19.7 Å². The number of ketones is 1. The smallest absolute Gasteiger partial charge is 0.410 e.